The van der Waals surface area contributed by atoms with Gasteiger partial charge in [0.1, 0.15) is 4.90 Å². The van der Waals surface area contributed by atoms with Crippen molar-refractivity contribution in [2.45, 2.75) is 42.7 Å². The smallest absolute Gasteiger partial charge is 0.242 e. The average Bonchev–Trinajstić information content (AvgIpc) is 2.72. The number of rotatable bonds is 8. The maximum absolute atomic E-state index is 12.5. The van der Waals surface area contributed by atoms with Gasteiger partial charge in [-0.3, -0.25) is 9.88 Å². The first kappa shape index (κ1) is 22.6. The molecule has 2 aliphatic rings. The summed E-state index contributed by atoms with van der Waals surface area (Å²) in [6.45, 7) is 3.11. The Morgan fingerprint density at radius 1 is 1.21 bits per heavy atom. The molecular weight excluding hydrogens is 416 g/mol. The van der Waals surface area contributed by atoms with Gasteiger partial charge in [0.15, 0.2) is 0 Å². The zero-order valence-corrected chi connectivity index (χ0v) is 18.4. The predicted octanol–water partition coefficient (Wildman–Crippen LogP) is 0.265. The number of pyridine rings is 1. The Kier molecular flexibility index (Phi) is 7.63. The highest BCUT2D eigenvalue weighted by molar-refractivity contribution is 7.89. The first-order valence-corrected chi connectivity index (χ1v) is 13.3. The fraction of sp³-hybridized carbons (Fsp3) is 0.722. The highest BCUT2D eigenvalue weighted by Gasteiger charge is 2.33. The van der Waals surface area contributed by atoms with Crippen LogP contribution in [-0.4, -0.2) is 88.8 Å². The molecule has 0 amide bonds. The molecule has 0 saturated carbocycles. The predicted molar refractivity (Wildman–Crippen MR) is 109 cm³/mol. The van der Waals surface area contributed by atoms with E-state index in [0.717, 1.165) is 25.7 Å². The van der Waals surface area contributed by atoms with Crippen LogP contribution < -0.4 is 4.72 Å². The molecule has 29 heavy (non-hydrogen) atoms. The molecule has 164 valence electrons. The van der Waals surface area contributed by atoms with Crippen LogP contribution in [0.4, 0.5) is 0 Å². The molecule has 1 N–H and O–H groups in total. The van der Waals surface area contributed by atoms with Crippen molar-refractivity contribution >= 4 is 20.0 Å². The lowest BCUT2D eigenvalue weighted by molar-refractivity contribution is 0.00725. The van der Waals surface area contributed by atoms with Gasteiger partial charge in [0, 0.05) is 63.9 Å². The van der Waals surface area contributed by atoms with Crippen LogP contribution in [0.1, 0.15) is 25.7 Å². The van der Waals surface area contributed by atoms with Gasteiger partial charge in [-0.15, -0.1) is 0 Å². The van der Waals surface area contributed by atoms with Crippen molar-refractivity contribution in [3.63, 3.8) is 0 Å². The SMILES string of the molecule is CS(=O)(=O)N1CCCC(N(CCNS(=O)(=O)c2cccnc2)C2CCOCC2)C1. The zero-order chi connectivity index (χ0) is 20.9. The van der Waals surface area contributed by atoms with Crippen molar-refractivity contribution in [2.75, 3.05) is 45.6 Å². The minimum Gasteiger partial charge on any atom is -0.381 e. The van der Waals surface area contributed by atoms with E-state index in [4.69, 9.17) is 4.74 Å². The van der Waals surface area contributed by atoms with Gasteiger partial charge in [0.05, 0.1) is 6.26 Å². The molecule has 2 saturated heterocycles. The van der Waals surface area contributed by atoms with E-state index in [1.165, 1.54) is 29.0 Å². The van der Waals surface area contributed by atoms with Crippen molar-refractivity contribution in [1.29, 1.82) is 0 Å². The number of nitrogens with one attached hydrogen (secondary N) is 1. The third kappa shape index (κ3) is 6.19. The standard InChI is InChI=1S/C18H30N4O5S2/c1-28(23,24)21-10-3-4-17(15-21)22(16-6-12-27-13-7-16)11-9-20-29(25,26)18-5-2-8-19-14-18/h2,5,8,14,16-17,20H,3-4,6-7,9-13,15H2,1H3. The zero-order valence-electron chi connectivity index (χ0n) is 16.7. The fourth-order valence-corrected chi connectivity index (χ4v) is 5.96. The minimum absolute atomic E-state index is 0.0736. The van der Waals surface area contributed by atoms with Gasteiger partial charge in [0.25, 0.3) is 0 Å². The van der Waals surface area contributed by atoms with Gasteiger partial charge in [-0.1, -0.05) is 0 Å². The van der Waals surface area contributed by atoms with E-state index in [1.54, 1.807) is 6.07 Å². The number of nitrogens with zero attached hydrogens (tertiary/aromatic N) is 3. The summed E-state index contributed by atoms with van der Waals surface area (Å²) < 4.78 is 58.7. The van der Waals surface area contributed by atoms with Gasteiger partial charge >= 0.3 is 0 Å². The number of sulfonamides is 2. The minimum atomic E-state index is -3.62. The molecule has 9 nitrogen and oxygen atoms in total. The van der Waals surface area contributed by atoms with Crippen LogP contribution in [0.2, 0.25) is 0 Å². The summed E-state index contributed by atoms with van der Waals surface area (Å²) in [5.74, 6) is 0. The molecule has 3 rings (SSSR count). The van der Waals surface area contributed by atoms with E-state index < -0.39 is 20.0 Å². The second kappa shape index (κ2) is 9.80. The topological polar surface area (TPSA) is 109 Å². The number of ether oxygens (including phenoxy) is 1. The molecular formula is C18H30N4O5S2. The summed E-state index contributed by atoms with van der Waals surface area (Å²) in [5, 5.41) is 0. The van der Waals surface area contributed by atoms with E-state index in [2.05, 4.69) is 14.6 Å². The quantitative estimate of drug-likeness (QED) is 0.610. The summed E-state index contributed by atoms with van der Waals surface area (Å²) in [5.41, 5.74) is 0. The Morgan fingerprint density at radius 3 is 2.62 bits per heavy atom. The van der Waals surface area contributed by atoms with Crippen molar-refractivity contribution < 1.29 is 21.6 Å². The molecule has 2 aliphatic heterocycles. The Hall–Kier alpha value is -1.11. The molecule has 1 aromatic heterocycles. The molecule has 3 heterocycles. The molecule has 2 fully saturated rings. The summed E-state index contributed by atoms with van der Waals surface area (Å²) in [4.78, 5) is 6.29. The third-order valence-corrected chi connectivity index (χ3v) is 8.28. The van der Waals surface area contributed by atoms with E-state index in [0.29, 0.717) is 32.8 Å². The summed E-state index contributed by atoms with van der Waals surface area (Å²) >= 11 is 0. The van der Waals surface area contributed by atoms with Crippen molar-refractivity contribution in [1.82, 2.24) is 18.9 Å². The molecule has 0 aliphatic carbocycles. The average molecular weight is 447 g/mol. The number of piperidine rings is 1. The van der Waals surface area contributed by atoms with Gasteiger partial charge in [-0.05, 0) is 37.8 Å². The molecule has 0 aromatic carbocycles. The highest BCUT2D eigenvalue weighted by atomic mass is 32.2. The lowest BCUT2D eigenvalue weighted by Gasteiger charge is -2.43. The summed E-state index contributed by atoms with van der Waals surface area (Å²) in [6, 6.07) is 3.43. The number of hydrogen-bond donors (Lipinski definition) is 1. The molecule has 0 radical (unpaired) electrons. The molecule has 1 aromatic rings. The van der Waals surface area contributed by atoms with Gasteiger partial charge in [0.2, 0.25) is 20.0 Å². The molecule has 0 spiro atoms. The van der Waals surface area contributed by atoms with Crippen molar-refractivity contribution in [2.24, 2.45) is 0 Å². The van der Waals surface area contributed by atoms with E-state index in [9.17, 15) is 16.8 Å². The van der Waals surface area contributed by atoms with E-state index >= 15 is 0 Å². The van der Waals surface area contributed by atoms with Gasteiger partial charge in [-0.2, -0.15) is 0 Å². The monoisotopic (exact) mass is 446 g/mol. The van der Waals surface area contributed by atoms with Crippen LogP contribution in [0.25, 0.3) is 0 Å². The number of hydrogen-bond acceptors (Lipinski definition) is 7. The van der Waals surface area contributed by atoms with Crippen LogP contribution >= 0.6 is 0 Å². The van der Waals surface area contributed by atoms with Crippen LogP contribution in [0, 0.1) is 0 Å². The molecule has 0 bridgehead atoms. The Balaban J connectivity index is 1.67. The molecule has 1 atom stereocenters. The number of aromatic nitrogens is 1. The molecule has 11 heteroatoms. The lowest BCUT2D eigenvalue weighted by atomic mass is 9.99. The van der Waals surface area contributed by atoms with Crippen LogP contribution in [0.3, 0.4) is 0 Å². The second-order valence-electron chi connectivity index (χ2n) is 7.58. The fourth-order valence-electron chi connectivity index (χ4n) is 4.07. The normalized spacial score (nSPS) is 22.8. The summed E-state index contributed by atoms with van der Waals surface area (Å²) in [7, 11) is -6.86. The third-order valence-electron chi connectivity index (χ3n) is 5.56. The van der Waals surface area contributed by atoms with Gasteiger partial charge in [-0.25, -0.2) is 25.9 Å². The first-order chi connectivity index (χ1) is 13.8. The highest BCUT2D eigenvalue weighted by Crippen LogP contribution is 2.24. The molecule has 1 unspecified atom stereocenters. The van der Waals surface area contributed by atoms with E-state index in [1.807, 2.05) is 0 Å². The van der Waals surface area contributed by atoms with Crippen molar-refractivity contribution in [3.05, 3.63) is 24.5 Å². The van der Waals surface area contributed by atoms with Gasteiger partial charge < -0.3 is 4.74 Å². The Bertz CT molecular complexity index is 857. The van der Waals surface area contributed by atoms with Crippen LogP contribution in [0.5, 0.6) is 0 Å². The lowest BCUT2D eigenvalue weighted by Crippen LogP contribution is -2.55. The van der Waals surface area contributed by atoms with Crippen LogP contribution in [-0.2, 0) is 24.8 Å². The Morgan fingerprint density at radius 2 is 1.97 bits per heavy atom. The first-order valence-electron chi connectivity index (χ1n) is 9.96. The largest absolute Gasteiger partial charge is 0.381 e. The van der Waals surface area contributed by atoms with Crippen LogP contribution in [0.15, 0.2) is 29.4 Å². The maximum atomic E-state index is 12.5. The van der Waals surface area contributed by atoms with Crippen molar-refractivity contribution in [3.8, 4) is 0 Å². The Labute approximate surface area is 173 Å². The van der Waals surface area contributed by atoms with E-state index in [-0.39, 0.29) is 23.5 Å². The maximum Gasteiger partial charge on any atom is 0.242 e. The summed E-state index contributed by atoms with van der Waals surface area (Å²) in [6.07, 6.45) is 7.54. The second-order valence-corrected chi connectivity index (χ2v) is 11.3.